The zero-order valence-corrected chi connectivity index (χ0v) is 11.2. The summed E-state index contributed by atoms with van der Waals surface area (Å²) in [5, 5.41) is 22.8. The molecule has 1 unspecified atom stereocenters. The quantitative estimate of drug-likeness (QED) is 0.610. The maximum Gasteiger partial charge on any atom is 0.326 e. The Balaban J connectivity index is 2.94. The third kappa shape index (κ3) is 4.24. The van der Waals surface area contributed by atoms with E-state index in [1.54, 1.807) is 19.1 Å². The van der Waals surface area contributed by atoms with Crippen molar-refractivity contribution in [2.45, 2.75) is 33.2 Å². The number of carboxylic acids is 1. The Bertz CT molecular complexity index is 486. The lowest BCUT2D eigenvalue weighted by Gasteiger charge is -2.17. The Morgan fingerprint density at radius 3 is 2.58 bits per heavy atom. The van der Waals surface area contributed by atoms with Gasteiger partial charge in [-0.05, 0) is 25.3 Å². The van der Waals surface area contributed by atoms with Gasteiger partial charge in [-0.25, -0.2) is 4.79 Å². The molecule has 1 aromatic rings. The Labute approximate surface area is 111 Å². The molecule has 0 aliphatic rings. The number of anilines is 1. The smallest absolute Gasteiger partial charge is 0.326 e. The van der Waals surface area contributed by atoms with Crippen molar-refractivity contribution in [3.63, 3.8) is 0 Å². The van der Waals surface area contributed by atoms with Gasteiger partial charge in [-0.3, -0.25) is 10.1 Å². The molecule has 0 saturated heterocycles. The Morgan fingerprint density at radius 2 is 2.11 bits per heavy atom. The van der Waals surface area contributed by atoms with Crippen molar-refractivity contribution < 1.29 is 14.8 Å². The highest BCUT2D eigenvalue weighted by molar-refractivity contribution is 5.77. The summed E-state index contributed by atoms with van der Waals surface area (Å²) in [5.74, 6) is -0.744. The summed E-state index contributed by atoms with van der Waals surface area (Å²) in [4.78, 5) is 21.5. The van der Waals surface area contributed by atoms with Crippen molar-refractivity contribution >= 4 is 17.3 Å². The van der Waals surface area contributed by atoms with Crippen molar-refractivity contribution in [1.82, 2.24) is 0 Å². The molecule has 0 aliphatic heterocycles. The third-order valence-electron chi connectivity index (χ3n) is 2.75. The van der Waals surface area contributed by atoms with Crippen LogP contribution in [0.1, 0.15) is 25.8 Å². The van der Waals surface area contributed by atoms with E-state index in [0.29, 0.717) is 17.7 Å². The molecule has 0 aliphatic carbocycles. The lowest BCUT2D eigenvalue weighted by molar-refractivity contribution is -0.385. The zero-order valence-electron chi connectivity index (χ0n) is 11.2. The molecule has 0 spiro atoms. The Kier molecular flexibility index (Phi) is 4.86. The molecule has 2 N–H and O–H groups in total. The van der Waals surface area contributed by atoms with Crippen LogP contribution in [-0.4, -0.2) is 22.0 Å². The molecule has 0 bridgehead atoms. The van der Waals surface area contributed by atoms with Gasteiger partial charge in [-0.2, -0.15) is 0 Å². The molecule has 6 nitrogen and oxygen atoms in total. The molecule has 0 saturated carbocycles. The van der Waals surface area contributed by atoms with E-state index in [1.165, 1.54) is 6.07 Å². The largest absolute Gasteiger partial charge is 0.480 e. The monoisotopic (exact) mass is 266 g/mol. The first-order valence-electron chi connectivity index (χ1n) is 6.05. The van der Waals surface area contributed by atoms with Crippen molar-refractivity contribution in [3.05, 3.63) is 33.9 Å². The topological polar surface area (TPSA) is 92.5 Å². The number of carbonyl (C=O) groups is 1. The fourth-order valence-corrected chi connectivity index (χ4v) is 1.79. The van der Waals surface area contributed by atoms with Gasteiger partial charge in [0.05, 0.1) is 4.92 Å². The summed E-state index contributed by atoms with van der Waals surface area (Å²) >= 11 is 0. The Hall–Kier alpha value is -2.11. The third-order valence-corrected chi connectivity index (χ3v) is 2.75. The van der Waals surface area contributed by atoms with Gasteiger partial charge in [-0.15, -0.1) is 0 Å². The van der Waals surface area contributed by atoms with Crippen molar-refractivity contribution in [2.24, 2.45) is 5.92 Å². The van der Waals surface area contributed by atoms with Crippen LogP contribution < -0.4 is 5.32 Å². The van der Waals surface area contributed by atoms with E-state index in [-0.39, 0.29) is 11.6 Å². The normalized spacial score (nSPS) is 12.2. The summed E-state index contributed by atoms with van der Waals surface area (Å²) < 4.78 is 0. The number of benzene rings is 1. The minimum Gasteiger partial charge on any atom is -0.480 e. The predicted molar refractivity (Wildman–Crippen MR) is 72.3 cm³/mol. The number of nitrogens with zero attached hydrogens (tertiary/aromatic N) is 1. The van der Waals surface area contributed by atoms with E-state index >= 15 is 0 Å². The summed E-state index contributed by atoms with van der Waals surface area (Å²) in [6.07, 6.45) is 0.455. The van der Waals surface area contributed by atoms with Gasteiger partial charge in [0.25, 0.3) is 5.69 Å². The SMILES string of the molecule is Cc1ccc(NC(CC(C)C)C(=O)O)cc1[N+](=O)[O-]. The van der Waals surface area contributed by atoms with E-state index < -0.39 is 16.9 Å². The second-order valence-electron chi connectivity index (χ2n) is 4.92. The van der Waals surface area contributed by atoms with Gasteiger partial charge in [0.1, 0.15) is 6.04 Å². The summed E-state index contributed by atoms with van der Waals surface area (Å²) in [6.45, 7) is 5.50. The number of nitro groups is 1. The molecule has 0 fully saturated rings. The average Bonchev–Trinajstić information content (AvgIpc) is 2.29. The van der Waals surface area contributed by atoms with Gasteiger partial charge in [-0.1, -0.05) is 19.9 Å². The fraction of sp³-hybridized carbons (Fsp3) is 0.462. The van der Waals surface area contributed by atoms with Crippen LogP contribution in [0, 0.1) is 23.0 Å². The molecule has 1 aromatic carbocycles. The number of hydrogen-bond donors (Lipinski definition) is 2. The minimum atomic E-state index is -0.961. The lowest BCUT2D eigenvalue weighted by Crippen LogP contribution is -2.30. The molecular weight excluding hydrogens is 248 g/mol. The molecule has 1 rings (SSSR count). The number of rotatable bonds is 6. The number of hydrogen-bond acceptors (Lipinski definition) is 4. The number of nitro benzene ring substituents is 1. The molecule has 6 heteroatoms. The highest BCUT2D eigenvalue weighted by Crippen LogP contribution is 2.23. The van der Waals surface area contributed by atoms with E-state index in [9.17, 15) is 14.9 Å². The molecule has 1 atom stereocenters. The average molecular weight is 266 g/mol. The maximum atomic E-state index is 11.1. The van der Waals surface area contributed by atoms with Gasteiger partial charge >= 0.3 is 5.97 Å². The van der Waals surface area contributed by atoms with Crippen LogP contribution in [0.3, 0.4) is 0 Å². The minimum absolute atomic E-state index is 0.0151. The molecule has 104 valence electrons. The molecular formula is C13H18N2O4. The molecule has 19 heavy (non-hydrogen) atoms. The van der Waals surface area contributed by atoms with Gasteiger partial charge < -0.3 is 10.4 Å². The summed E-state index contributed by atoms with van der Waals surface area (Å²) in [6, 6.07) is 3.88. The van der Waals surface area contributed by atoms with E-state index in [4.69, 9.17) is 5.11 Å². The van der Waals surface area contributed by atoms with Crippen LogP contribution in [0.25, 0.3) is 0 Å². The molecule has 0 heterocycles. The first-order valence-corrected chi connectivity index (χ1v) is 6.05. The standard InChI is InChI=1S/C13H18N2O4/c1-8(2)6-11(13(16)17)14-10-5-4-9(3)12(7-10)15(18)19/h4-5,7-8,11,14H,6H2,1-3H3,(H,16,17). The van der Waals surface area contributed by atoms with Crippen LogP contribution in [0.5, 0.6) is 0 Å². The Morgan fingerprint density at radius 1 is 1.47 bits per heavy atom. The first kappa shape index (κ1) is 14.9. The van der Waals surface area contributed by atoms with E-state index in [0.717, 1.165) is 0 Å². The van der Waals surface area contributed by atoms with Crippen molar-refractivity contribution in [2.75, 3.05) is 5.32 Å². The second kappa shape index (κ2) is 6.17. The summed E-state index contributed by atoms with van der Waals surface area (Å²) in [5.41, 5.74) is 0.982. The van der Waals surface area contributed by atoms with Crippen LogP contribution in [0.15, 0.2) is 18.2 Å². The summed E-state index contributed by atoms with van der Waals surface area (Å²) in [7, 11) is 0. The highest BCUT2D eigenvalue weighted by atomic mass is 16.6. The number of carboxylic acid groups (broad SMARTS) is 1. The maximum absolute atomic E-state index is 11.1. The van der Waals surface area contributed by atoms with Crippen LogP contribution in [0.4, 0.5) is 11.4 Å². The van der Waals surface area contributed by atoms with Crippen LogP contribution >= 0.6 is 0 Å². The zero-order chi connectivity index (χ0) is 14.6. The first-order chi connectivity index (χ1) is 8.81. The molecule has 0 aromatic heterocycles. The van der Waals surface area contributed by atoms with E-state index in [1.807, 2.05) is 13.8 Å². The van der Waals surface area contributed by atoms with Gasteiger partial charge in [0.2, 0.25) is 0 Å². The van der Waals surface area contributed by atoms with E-state index in [2.05, 4.69) is 5.32 Å². The predicted octanol–water partition coefficient (Wildman–Crippen LogP) is 2.81. The molecule has 0 radical (unpaired) electrons. The fourth-order valence-electron chi connectivity index (χ4n) is 1.79. The van der Waals surface area contributed by atoms with Gasteiger partial charge in [0.15, 0.2) is 0 Å². The second-order valence-corrected chi connectivity index (χ2v) is 4.92. The molecule has 0 amide bonds. The number of nitrogens with one attached hydrogen (secondary N) is 1. The number of aliphatic carboxylic acids is 1. The van der Waals surface area contributed by atoms with Crippen molar-refractivity contribution in [3.8, 4) is 0 Å². The lowest BCUT2D eigenvalue weighted by atomic mass is 10.0. The van der Waals surface area contributed by atoms with Crippen molar-refractivity contribution in [1.29, 1.82) is 0 Å². The van der Waals surface area contributed by atoms with Crippen LogP contribution in [-0.2, 0) is 4.79 Å². The van der Waals surface area contributed by atoms with Gasteiger partial charge in [0, 0.05) is 17.3 Å². The highest BCUT2D eigenvalue weighted by Gasteiger charge is 2.20. The number of aryl methyl sites for hydroxylation is 1. The van der Waals surface area contributed by atoms with Crippen LogP contribution in [0.2, 0.25) is 0 Å².